The third-order valence-corrected chi connectivity index (χ3v) is 5.48. The van der Waals surface area contributed by atoms with Crippen molar-refractivity contribution < 1.29 is 9.59 Å². The maximum Gasteiger partial charge on any atom is 0.242 e. The van der Waals surface area contributed by atoms with Crippen LogP contribution in [0.2, 0.25) is 5.02 Å². The minimum Gasteiger partial charge on any atom is -0.350 e. The Morgan fingerprint density at radius 2 is 1.79 bits per heavy atom. The zero-order chi connectivity index (χ0) is 21.4. The van der Waals surface area contributed by atoms with Gasteiger partial charge in [-0.2, -0.15) is 0 Å². The Labute approximate surface area is 183 Å². The van der Waals surface area contributed by atoms with E-state index in [1.54, 1.807) is 29.7 Å². The van der Waals surface area contributed by atoms with Gasteiger partial charge in [-0.05, 0) is 57.5 Å². The molecule has 0 saturated heterocycles. The molecule has 0 saturated carbocycles. The molecule has 4 nitrogen and oxygen atoms in total. The lowest BCUT2D eigenvalue weighted by Gasteiger charge is -2.31. The average molecular weight is 433 g/mol. The van der Waals surface area contributed by atoms with Gasteiger partial charge in [0.15, 0.2) is 0 Å². The Kier molecular flexibility index (Phi) is 8.60. The van der Waals surface area contributed by atoms with Gasteiger partial charge in [-0.25, -0.2) is 0 Å². The van der Waals surface area contributed by atoms with E-state index in [1.165, 1.54) is 0 Å². The summed E-state index contributed by atoms with van der Waals surface area (Å²) in [6.45, 7) is 7.90. The number of nitrogens with zero attached hydrogens (tertiary/aromatic N) is 1. The van der Waals surface area contributed by atoms with E-state index in [9.17, 15) is 9.59 Å². The zero-order valence-electron chi connectivity index (χ0n) is 17.4. The van der Waals surface area contributed by atoms with Gasteiger partial charge in [0.1, 0.15) is 6.04 Å². The second kappa shape index (κ2) is 10.7. The molecule has 2 aromatic carbocycles. The lowest BCUT2D eigenvalue weighted by atomic mass is 10.1. The van der Waals surface area contributed by atoms with Gasteiger partial charge >= 0.3 is 0 Å². The number of nitrogens with one attached hydrogen (secondary N) is 1. The standard InChI is InChI=1S/C23H29ClN2O2S/c1-17(22(28)25-23(2,3)4)26(16-18-9-8-10-19(24)15-18)21(27)13-14-29-20-11-6-5-7-12-20/h5-12,15,17H,13-14,16H2,1-4H3,(H,25,28)/t17-/m1/s1. The van der Waals surface area contributed by atoms with Crippen molar-refractivity contribution in [1.82, 2.24) is 10.2 Å². The van der Waals surface area contributed by atoms with Gasteiger partial charge < -0.3 is 10.2 Å². The Balaban J connectivity index is 2.09. The highest BCUT2D eigenvalue weighted by Gasteiger charge is 2.28. The largest absolute Gasteiger partial charge is 0.350 e. The van der Waals surface area contributed by atoms with Crippen molar-refractivity contribution in [3.63, 3.8) is 0 Å². The third-order valence-electron chi connectivity index (χ3n) is 4.24. The predicted octanol–water partition coefficient (Wildman–Crippen LogP) is 5.15. The zero-order valence-corrected chi connectivity index (χ0v) is 19.0. The summed E-state index contributed by atoms with van der Waals surface area (Å²) in [6, 6.07) is 16.8. The summed E-state index contributed by atoms with van der Waals surface area (Å²) in [4.78, 5) is 28.5. The number of carbonyl (C=O) groups is 2. The van der Waals surface area contributed by atoms with E-state index in [2.05, 4.69) is 5.32 Å². The van der Waals surface area contributed by atoms with E-state index in [1.807, 2.05) is 69.3 Å². The minimum absolute atomic E-state index is 0.0510. The van der Waals surface area contributed by atoms with Crippen LogP contribution in [0.15, 0.2) is 59.5 Å². The first kappa shape index (κ1) is 23.3. The Morgan fingerprint density at radius 1 is 1.10 bits per heavy atom. The molecular weight excluding hydrogens is 404 g/mol. The number of amides is 2. The summed E-state index contributed by atoms with van der Waals surface area (Å²) in [5.74, 6) is 0.441. The van der Waals surface area contributed by atoms with Crippen LogP contribution in [0.5, 0.6) is 0 Å². The summed E-state index contributed by atoms with van der Waals surface area (Å²) in [5.41, 5.74) is 0.538. The molecule has 2 aromatic rings. The van der Waals surface area contributed by atoms with Gasteiger partial charge in [0, 0.05) is 34.2 Å². The maximum atomic E-state index is 13.0. The van der Waals surface area contributed by atoms with E-state index < -0.39 is 6.04 Å². The highest BCUT2D eigenvalue weighted by atomic mass is 35.5. The first-order chi connectivity index (χ1) is 13.7. The van der Waals surface area contributed by atoms with Crippen molar-refractivity contribution in [2.75, 3.05) is 5.75 Å². The molecule has 0 unspecified atom stereocenters. The van der Waals surface area contributed by atoms with Gasteiger partial charge in [0.05, 0.1) is 0 Å². The number of thioether (sulfide) groups is 1. The van der Waals surface area contributed by atoms with Gasteiger partial charge in [0.25, 0.3) is 0 Å². The van der Waals surface area contributed by atoms with Crippen LogP contribution < -0.4 is 5.32 Å². The molecule has 0 heterocycles. The van der Waals surface area contributed by atoms with Crippen LogP contribution in [-0.2, 0) is 16.1 Å². The topological polar surface area (TPSA) is 49.4 Å². The van der Waals surface area contributed by atoms with Crippen LogP contribution in [0.4, 0.5) is 0 Å². The minimum atomic E-state index is -0.581. The molecule has 29 heavy (non-hydrogen) atoms. The monoisotopic (exact) mass is 432 g/mol. The smallest absolute Gasteiger partial charge is 0.242 e. The lowest BCUT2D eigenvalue weighted by Crippen LogP contribution is -2.52. The van der Waals surface area contributed by atoms with E-state index in [0.29, 0.717) is 23.7 Å². The Hall–Kier alpha value is -1.98. The van der Waals surface area contributed by atoms with Gasteiger partial charge in [-0.15, -0.1) is 11.8 Å². The first-order valence-corrected chi connectivity index (χ1v) is 11.1. The van der Waals surface area contributed by atoms with E-state index >= 15 is 0 Å². The number of hydrogen-bond donors (Lipinski definition) is 1. The van der Waals surface area contributed by atoms with Crippen LogP contribution in [0.1, 0.15) is 39.7 Å². The second-order valence-corrected chi connectivity index (χ2v) is 9.58. The maximum absolute atomic E-state index is 13.0. The van der Waals surface area contributed by atoms with Crippen LogP contribution in [0, 0.1) is 0 Å². The van der Waals surface area contributed by atoms with Crippen LogP contribution in [0.3, 0.4) is 0 Å². The SMILES string of the molecule is C[C@H](C(=O)NC(C)(C)C)N(Cc1cccc(Cl)c1)C(=O)CCSc1ccccc1. The molecule has 0 bridgehead atoms. The fourth-order valence-corrected chi connectivity index (χ4v) is 3.88. The molecule has 1 atom stereocenters. The van der Waals surface area contributed by atoms with Crippen molar-refractivity contribution in [3.05, 3.63) is 65.2 Å². The number of halogens is 1. The van der Waals surface area contributed by atoms with Crippen LogP contribution in [-0.4, -0.2) is 34.0 Å². The van der Waals surface area contributed by atoms with E-state index in [0.717, 1.165) is 10.5 Å². The fraction of sp³-hybridized carbons (Fsp3) is 0.391. The molecule has 6 heteroatoms. The summed E-state index contributed by atoms with van der Waals surface area (Å²) in [5, 5.41) is 3.58. The van der Waals surface area contributed by atoms with Crippen LogP contribution >= 0.6 is 23.4 Å². The lowest BCUT2D eigenvalue weighted by molar-refractivity contribution is -0.140. The molecule has 2 amide bonds. The molecule has 0 aliphatic carbocycles. The van der Waals surface area contributed by atoms with Crippen molar-refractivity contribution in [2.45, 2.75) is 57.1 Å². The highest BCUT2D eigenvalue weighted by Crippen LogP contribution is 2.20. The molecule has 0 fully saturated rings. The van der Waals surface area contributed by atoms with Crippen LogP contribution in [0.25, 0.3) is 0 Å². The Morgan fingerprint density at radius 3 is 2.41 bits per heavy atom. The Bertz CT molecular complexity index is 821. The molecule has 0 radical (unpaired) electrons. The third kappa shape index (κ3) is 8.11. The molecule has 156 valence electrons. The molecule has 0 spiro atoms. The molecule has 0 aromatic heterocycles. The molecule has 2 rings (SSSR count). The second-order valence-electron chi connectivity index (χ2n) is 7.98. The highest BCUT2D eigenvalue weighted by molar-refractivity contribution is 7.99. The average Bonchev–Trinajstić information content (AvgIpc) is 2.65. The molecular formula is C23H29ClN2O2S. The molecule has 0 aliphatic rings. The van der Waals surface area contributed by atoms with Crippen molar-refractivity contribution >= 4 is 35.2 Å². The van der Waals surface area contributed by atoms with Crippen molar-refractivity contribution in [3.8, 4) is 0 Å². The van der Waals surface area contributed by atoms with Gasteiger partial charge in [-0.3, -0.25) is 9.59 Å². The summed E-state index contributed by atoms with van der Waals surface area (Å²) < 4.78 is 0. The fourth-order valence-electron chi connectivity index (χ4n) is 2.81. The van der Waals surface area contributed by atoms with E-state index in [4.69, 9.17) is 11.6 Å². The van der Waals surface area contributed by atoms with Crippen molar-refractivity contribution in [1.29, 1.82) is 0 Å². The first-order valence-electron chi connectivity index (χ1n) is 9.69. The van der Waals surface area contributed by atoms with Gasteiger partial charge in [-0.1, -0.05) is 41.9 Å². The molecule has 1 N–H and O–H groups in total. The van der Waals surface area contributed by atoms with E-state index in [-0.39, 0.29) is 17.4 Å². The number of carbonyl (C=O) groups excluding carboxylic acids is 2. The predicted molar refractivity (Wildman–Crippen MR) is 121 cm³/mol. The van der Waals surface area contributed by atoms with Crippen molar-refractivity contribution in [2.24, 2.45) is 0 Å². The van der Waals surface area contributed by atoms with Gasteiger partial charge in [0.2, 0.25) is 11.8 Å². The summed E-state index contributed by atoms with van der Waals surface area (Å²) >= 11 is 7.74. The summed E-state index contributed by atoms with van der Waals surface area (Å²) in [7, 11) is 0. The number of hydrogen-bond acceptors (Lipinski definition) is 3. The summed E-state index contributed by atoms with van der Waals surface area (Å²) in [6.07, 6.45) is 0.354. The number of rotatable bonds is 8. The normalized spacial score (nSPS) is 12.3. The number of benzene rings is 2. The quantitative estimate of drug-likeness (QED) is 0.586. The molecule has 0 aliphatic heterocycles.